The molecule has 7 heteroatoms. The summed E-state index contributed by atoms with van der Waals surface area (Å²) >= 11 is 0. The van der Waals surface area contributed by atoms with E-state index in [2.05, 4.69) is 72.1 Å². The fourth-order valence-corrected chi connectivity index (χ4v) is 7.23. The molecule has 0 amide bonds. The molecule has 3 aromatic rings. The number of aryl methyl sites for hydroxylation is 1. The summed E-state index contributed by atoms with van der Waals surface area (Å²) in [5, 5.41) is 2.69. The SMILES string of the molecule is CCc1cccc2cccc(N3CCc4c(nc(OCC5(CN(C)C)CC5)nc4N4CCCCC(CCOC)C4)C3)c12. The molecule has 1 unspecified atom stereocenters. The highest BCUT2D eigenvalue weighted by Gasteiger charge is 2.44. The van der Waals surface area contributed by atoms with Crippen molar-refractivity contribution in [3.05, 3.63) is 53.2 Å². The summed E-state index contributed by atoms with van der Waals surface area (Å²) in [4.78, 5) is 17.7. The minimum atomic E-state index is 0.238. The molecule has 6 rings (SSSR count). The Bertz CT molecular complexity index is 1370. The van der Waals surface area contributed by atoms with Gasteiger partial charge in [-0.05, 0) is 82.0 Å². The summed E-state index contributed by atoms with van der Waals surface area (Å²) in [6, 6.07) is 14.0. The zero-order valence-electron chi connectivity index (χ0n) is 26.2. The molecular formula is C35H49N5O2. The molecule has 1 atom stereocenters. The predicted octanol–water partition coefficient (Wildman–Crippen LogP) is 6.12. The van der Waals surface area contributed by atoms with Crippen molar-refractivity contribution >= 4 is 22.3 Å². The van der Waals surface area contributed by atoms with Gasteiger partial charge in [0.2, 0.25) is 0 Å². The van der Waals surface area contributed by atoms with Crippen LogP contribution in [0.1, 0.15) is 62.3 Å². The van der Waals surface area contributed by atoms with Crippen LogP contribution in [0.4, 0.5) is 11.5 Å². The molecule has 42 heavy (non-hydrogen) atoms. The van der Waals surface area contributed by atoms with Gasteiger partial charge in [0.05, 0.1) is 18.8 Å². The third-order valence-corrected chi connectivity index (χ3v) is 9.63. The van der Waals surface area contributed by atoms with E-state index in [1.165, 1.54) is 59.7 Å². The lowest BCUT2D eigenvalue weighted by atomic mass is 9.98. The Kier molecular flexibility index (Phi) is 8.87. The van der Waals surface area contributed by atoms with E-state index in [0.29, 0.717) is 18.5 Å². The second-order valence-electron chi connectivity index (χ2n) is 13.2. The van der Waals surface area contributed by atoms with E-state index in [-0.39, 0.29) is 5.41 Å². The second-order valence-corrected chi connectivity index (χ2v) is 13.2. The summed E-state index contributed by atoms with van der Waals surface area (Å²) in [5.74, 6) is 1.74. The van der Waals surface area contributed by atoms with Crippen molar-refractivity contribution in [2.75, 3.05) is 70.4 Å². The molecule has 2 fully saturated rings. The Labute approximate surface area is 252 Å². The van der Waals surface area contributed by atoms with E-state index >= 15 is 0 Å². The summed E-state index contributed by atoms with van der Waals surface area (Å²) in [5.41, 5.74) is 5.40. The molecule has 2 aromatic carbocycles. The highest BCUT2D eigenvalue weighted by molar-refractivity contribution is 5.97. The average molecular weight is 572 g/mol. The number of hydrogen-bond donors (Lipinski definition) is 0. The largest absolute Gasteiger partial charge is 0.463 e. The number of anilines is 2. The lowest BCUT2D eigenvalue weighted by Crippen LogP contribution is -2.36. The molecule has 226 valence electrons. The minimum Gasteiger partial charge on any atom is -0.463 e. The van der Waals surface area contributed by atoms with E-state index < -0.39 is 0 Å². The molecule has 0 N–H and O–H groups in total. The standard InChI is InChI=1S/C35H49N5O2/c1-5-27-11-8-12-28-13-9-14-31(32(27)28)39-20-15-29-30(23-39)36-34(42-25-35(17-18-35)24-38(2)3)37-33(29)40-19-7-6-10-26(22-40)16-21-41-4/h8-9,11-14,26H,5-7,10,15-25H2,1-4H3. The Hall–Kier alpha value is -2.90. The molecular weight excluding hydrogens is 522 g/mol. The summed E-state index contributed by atoms with van der Waals surface area (Å²) < 4.78 is 11.9. The normalized spacial score (nSPS) is 20.1. The van der Waals surface area contributed by atoms with Gasteiger partial charge in [-0.15, -0.1) is 0 Å². The number of hydrogen-bond acceptors (Lipinski definition) is 7. The zero-order valence-corrected chi connectivity index (χ0v) is 26.2. The number of nitrogens with zero attached hydrogens (tertiary/aromatic N) is 5. The predicted molar refractivity (Wildman–Crippen MR) is 172 cm³/mol. The first-order valence-electron chi connectivity index (χ1n) is 16.2. The first-order valence-corrected chi connectivity index (χ1v) is 16.2. The monoisotopic (exact) mass is 571 g/mol. The fraction of sp³-hybridized carbons (Fsp3) is 0.600. The first kappa shape index (κ1) is 29.2. The maximum Gasteiger partial charge on any atom is 0.318 e. The second kappa shape index (κ2) is 12.8. The maximum absolute atomic E-state index is 6.49. The van der Waals surface area contributed by atoms with E-state index in [1.807, 2.05) is 7.11 Å². The molecule has 1 aliphatic carbocycles. The number of ether oxygens (including phenoxy) is 2. The Morgan fingerprint density at radius 3 is 2.62 bits per heavy atom. The minimum absolute atomic E-state index is 0.238. The van der Waals surface area contributed by atoms with Gasteiger partial charge < -0.3 is 24.2 Å². The van der Waals surface area contributed by atoms with Crippen molar-refractivity contribution in [1.82, 2.24) is 14.9 Å². The number of rotatable bonds is 11. The van der Waals surface area contributed by atoms with Crippen LogP contribution in [-0.4, -0.2) is 75.5 Å². The third kappa shape index (κ3) is 6.37. The molecule has 7 nitrogen and oxygen atoms in total. The van der Waals surface area contributed by atoms with Gasteiger partial charge >= 0.3 is 6.01 Å². The molecule has 1 saturated heterocycles. The van der Waals surface area contributed by atoms with Crippen LogP contribution in [0.15, 0.2) is 36.4 Å². The summed E-state index contributed by atoms with van der Waals surface area (Å²) in [7, 11) is 6.12. The molecule has 0 bridgehead atoms. The van der Waals surface area contributed by atoms with Crippen LogP contribution in [0.25, 0.3) is 10.8 Å². The topological polar surface area (TPSA) is 54.0 Å². The van der Waals surface area contributed by atoms with Crippen molar-refractivity contribution < 1.29 is 9.47 Å². The van der Waals surface area contributed by atoms with Crippen LogP contribution in [0.5, 0.6) is 6.01 Å². The van der Waals surface area contributed by atoms with Gasteiger partial charge in [0.25, 0.3) is 0 Å². The lowest BCUT2D eigenvalue weighted by molar-refractivity contribution is 0.176. The van der Waals surface area contributed by atoms with Crippen LogP contribution in [0.2, 0.25) is 0 Å². The lowest BCUT2D eigenvalue weighted by Gasteiger charge is -2.35. The number of methoxy groups -OCH3 is 1. The Morgan fingerprint density at radius 2 is 1.86 bits per heavy atom. The molecule has 3 aliphatic rings. The number of aromatic nitrogens is 2. The number of benzene rings is 2. The number of fused-ring (bicyclic) bond motifs is 2. The van der Waals surface area contributed by atoms with Crippen LogP contribution < -0.4 is 14.5 Å². The fourth-order valence-electron chi connectivity index (χ4n) is 7.23. The van der Waals surface area contributed by atoms with E-state index in [4.69, 9.17) is 19.4 Å². The van der Waals surface area contributed by atoms with Gasteiger partial charge in [-0.25, -0.2) is 0 Å². The quantitative estimate of drug-likeness (QED) is 0.275. The van der Waals surface area contributed by atoms with Gasteiger partial charge in [-0.1, -0.05) is 43.7 Å². The third-order valence-electron chi connectivity index (χ3n) is 9.63. The zero-order chi connectivity index (χ0) is 29.1. The van der Waals surface area contributed by atoms with Crippen LogP contribution in [-0.2, 0) is 24.1 Å². The van der Waals surface area contributed by atoms with Gasteiger partial charge in [0.1, 0.15) is 5.82 Å². The van der Waals surface area contributed by atoms with Crippen LogP contribution >= 0.6 is 0 Å². The van der Waals surface area contributed by atoms with Crippen molar-refractivity contribution in [3.8, 4) is 6.01 Å². The van der Waals surface area contributed by atoms with E-state index in [1.54, 1.807) is 0 Å². The Balaban J connectivity index is 1.33. The van der Waals surface area contributed by atoms with Crippen molar-refractivity contribution in [2.45, 2.75) is 64.8 Å². The van der Waals surface area contributed by atoms with E-state index in [9.17, 15) is 0 Å². The summed E-state index contributed by atoms with van der Waals surface area (Å²) in [6.45, 7) is 8.63. The van der Waals surface area contributed by atoms with Gasteiger partial charge in [0, 0.05) is 61.9 Å². The molecule has 0 radical (unpaired) electrons. The molecule has 3 heterocycles. The van der Waals surface area contributed by atoms with Crippen LogP contribution in [0, 0.1) is 11.3 Å². The van der Waals surface area contributed by atoms with Gasteiger partial charge in [-0.2, -0.15) is 9.97 Å². The maximum atomic E-state index is 6.49. The highest BCUT2D eigenvalue weighted by Crippen LogP contribution is 2.46. The van der Waals surface area contributed by atoms with Crippen molar-refractivity contribution in [1.29, 1.82) is 0 Å². The smallest absolute Gasteiger partial charge is 0.318 e. The van der Waals surface area contributed by atoms with E-state index in [0.717, 1.165) is 70.1 Å². The molecule has 0 spiro atoms. The van der Waals surface area contributed by atoms with Crippen molar-refractivity contribution in [2.24, 2.45) is 11.3 Å². The summed E-state index contributed by atoms with van der Waals surface area (Å²) in [6.07, 6.45) is 9.23. The van der Waals surface area contributed by atoms with Crippen LogP contribution in [0.3, 0.4) is 0 Å². The Morgan fingerprint density at radius 1 is 1.02 bits per heavy atom. The molecule has 2 aliphatic heterocycles. The average Bonchev–Trinajstić information content (AvgIpc) is 3.80. The van der Waals surface area contributed by atoms with Gasteiger partial charge in [0.15, 0.2) is 0 Å². The molecule has 1 aromatic heterocycles. The highest BCUT2D eigenvalue weighted by atomic mass is 16.5. The van der Waals surface area contributed by atoms with Gasteiger partial charge in [-0.3, -0.25) is 0 Å². The first-order chi connectivity index (χ1) is 20.5. The van der Waals surface area contributed by atoms with Crippen molar-refractivity contribution in [3.63, 3.8) is 0 Å². The molecule has 1 saturated carbocycles.